The van der Waals surface area contributed by atoms with Crippen LogP contribution in [0.4, 0.5) is 5.69 Å². The van der Waals surface area contributed by atoms with Crippen LogP contribution in [0.15, 0.2) is 18.2 Å². The molecule has 0 spiro atoms. The molecule has 1 unspecified atom stereocenters. The van der Waals surface area contributed by atoms with Crippen molar-refractivity contribution in [3.05, 3.63) is 28.3 Å². The second kappa shape index (κ2) is 6.20. The number of nitro groups is 1. The molecule has 0 heterocycles. The summed E-state index contributed by atoms with van der Waals surface area (Å²) < 4.78 is 10.2. The fourth-order valence-electron chi connectivity index (χ4n) is 1.37. The van der Waals surface area contributed by atoms with E-state index in [4.69, 9.17) is 20.3 Å². The molecule has 0 saturated heterocycles. The number of carboxylic acids is 1. The summed E-state index contributed by atoms with van der Waals surface area (Å²) in [6.07, 6.45) is 0.0106. The van der Waals surface area contributed by atoms with Gasteiger partial charge in [0.1, 0.15) is 11.3 Å². The zero-order chi connectivity index (χ0) is 15.3. The van der Waals surface area contributed by atoms with Gasteiger partial charge in [-0.05, 0) is 13.0 Å². The standard InChI is InChI=1S/C12H16N2O6/c1-12(13,11(15)16)5-6-20-10-7-8(19-2)3-4-9(10)14(17)18/h3-4,7H,5-6,13H2,1-2H3,(H,15,16). The van der Waals surface area contributed by atoms with Gasteiger partial charge in [0.2, 0.25) is 5.75 Å². The molecule has 8 heteroatoms. The SMILES string of the molecule is COc1ccc([N+](=O)[O-])c(OCCC(C)(N)C(=O)O)c1. The molecule has 0 aliphatic carbocycles. The minimum absolute atomic E-state index is 0.00976. The van der Waals surface area contributed by atoms with Crippen molar-refractivity contribution < 1.29 is 24.3 Å². The molecule has 0 aromatic heterocycles. The Morgan fingerprint density at radius 2 is 2.20 bits per heavy atom. The van der Waals surface area contributed by atoms with Gasteiger partial charge < -0.3 is 20.3 Å². The third-order valence-electron chi connectivity index (χ3n) is 2.73. The van der Waals surface area contributed by atoms with E-state index in [0.717, 1.165) is 0 Å². The number of benzene rings is 1. The summed E-state index contributed by atoms with van der Waals surface area (Å²) in [6.45, 7) is 1.28. The van der Waals surface area contributed by atoms with Crippen molar-refractivity contribution in [1.82, 2.24) is 0 Å². The van der Waals surface area contributed by atoms with E-state index in [2.05, 4.69) is 0 Å². The van der Waals surface area contributed by atoms with E-state index >= 15 is 0 Å². The fourth-order valence-corrected chi connectivity index (χ4v) is 1.37. The average Bonchev–Trinajstić information content (AvgIpc) is 2.37. The lowest BCUT2D eigenvalue weighted by atomic mass is 10.0. The van der Waals surface area contributed by atoms with Gasteiger partial charge in [-0.15, -0.1) is 0 Å². The van der Waals surface area contributed by atoms with Gasteiger partial charge in [0.15, 0.2) is 0 Å². The second-order valence-corrected chi connectivity index (χ2v) is 4.41. The van der Waals surface area contributed by atoms with Crippen molar-refractivity contribution >= 4 is 11.7 Å². The van der Waals surface area contributed by atoms with E-state index in [-0.39, 0.29) is 24.5 Å². The number of hydrogen-bond acceptors (Lipinski definition) is 6. The van der Waals surface area contributed by atoms with Crippen LogP contribution in [-0.4, -0.2) is 35.3 Å². The van der Waals surface area contributed by atoms with Crippen molar-refractivity contribution in [2.24, 2.45) is 5.73 Å². The molecule has 3 N–H and O–H groups in total. The Kier molecular flexibility index (Phi) is 4.87. The van der Waals surface area contributed by atoms with Gasteiger partial charge >= 0.3 is 11.7 Å². The van der Waals surface area contributed by atoms with Gasteiger partial charge in [-0.3, -0.25) is 14.9 Å². The molecule has 0 bridgehead atoms. The van der Waals surface area contributed by atoms with Crippen LogP contribution in [0.5, 0.6) is 11.5 Å². The highest BCUT2D eigenvalue weighted by atomic mass is 16.6. The van der Waals surface area contributed by atoms with Crippen molar-refractivity contribution in [3.63, 3.8) is 0 Å². The topological polar surface area (TPSA) is 125 Å². The first-order chi connectivity index (χ1) is 9.27. The maximum atomic E-state index is 10.9. The van der Waals surface area contributed by atoms with Crippen LogP contribution in [0.25, 0.3) is 0 Å². The third kappa shape index (κ3) is 3.82. The minimum Gasteiger partial charge on any atom is -0.497 e. The minimum atomic E-state index is -1.45. The maximum Gasteiger partial charge on any atom is 0.323 e. The van der Waals surface area contributed by atoms with Gasteiger partial charge in [-0.1, -0.05) is 0 Å². The van der Waals surface area contributed by atoms with E-state index in [1.54, 1.807) is 0 Å². The van der Waals surface area contributed by atoms with Crippen LogP contribution in [0, 0.1) is 10.1 Å². The highest BCUT2D eigenvalue weighted by Crippen LogP contribution is 2.31. The highest BCUT2D eigenvalue weighted by Gasteiger charge is 2.28. The molecule has 0 aliphatic rings. The zero-order valence-corrected chi connectivity index (χ0v) is 11.2. The molecule has 0 amide bonds. The van der Waals surface area contributed by atoms with Gasteiger partial charge in [0.05, 0.1) is 18.6 Å². The molecule has 8 nitrogen and oxygen atoms in total. The van der Waals surface area contributed by atoms with Gasteiger partial charge in [-0.25, -0.2) is 0 Å². The van der Waals surface area contributed by atoms with Crippen LogP contribution < -0.4 is 15.2 Å². The predicted octanol–water partition coefficient (Wildman–Crippen LogP) is 1.17. The second-order valence-electron chi connectivity index (χ2n) is 4.41. The lowest BCUT2D eigenvalue weighted by Gasteiger charge is -2.19. The van der Waals surface area contributed by atoms with E-state index in [1.165, 1.54) is 32.2 Å². The molecular weight excluding hydrogens is 268 g/mol. The molecule has 0 radical (unpaired) electrons. The number of nitrogens with two attached hydrogens (primary N) is 1. The lowest BCUT2D eigenvalue weighted by Crippen LogP contribution is -2.45. The summed E-state index contributed by atoms with van der Waals surface area (Å²) in [5, 5.41) is 19.7. The van der Waals surface area contributed by atoms with E-state index in [1.807, 2.05) is 0 Å². The number of carboxylic acid groups (broad SMARTS) is 1. The number of methoxy groups -OCH3 is 1. The molecule has 20 heavy (non-hydrogen) atoms. The largest absolute Gasteiger partial charge is 0.497 e. The number of hydrogen-bond donors (Lipinski definition) is 2. The fraction of sp³-hybridized carbons (Fsp3) is 0.417. The molecule has 0 aliphatic heterocycles. The van der Waals surface area contributed by atoms with Crippen molar-refractivity contribution in [2.75, 3.05) is 13.7 Å². The number of nitro benzene ring substituents is 1. The third-order valence-corrected chi connectivity index (χ3v) is 2.73. The van der Waals surface area contributed by atoms with Crippen molar-refractivity contribution in [2.45, 2.75) is 18.9 Å². The van der Waals surface area contributed by atoms with Crippen molar-refractivity contribution in [1.29, 1.82) is 0 Å². The smallest absolute Gasteiger partial charge is 0.323 e. The highest BCUT2D eigenvalue weighted by molar-refractivity contribution is 5.77. The Morgan fingerprint density at radius 1 is 1.55 bits per heavy atom. The summed E-state index contributed by atoms with van der Waals surface area (Å²) in [5.74, 6) is -0.754. The van der Waals surface area contributed by atoms with Crippen LogP contribution in [0.3, 0.4) is 0 Å². The predicted molar refractivity (Wildman–Crippen MR) is 70.0 cm³/mol. The first-order valence-corrected chi connectivity index (χ1v) is 5.75. The monoisotopic (exact) mass is 284 g/mol. The molecule has 110 valence electrons. The summed E-state index contributed by atoms with van der Waals surface area (Å²) in [6, 6.07) is 4.06. The van der Waals surface area contributed by atoms with Crippen LogP contribution in [0.1, 0.15) is 13.3 Å². The van der Waals surface area contributed by atoms with E-state index in [0.29, 0.717) is 5.75 Å². The molecule has 1 aromatic rings. The van der Waals surface area contributed by atoms with Gasteiger partial charge in [0, 0.05) is 18.6 Å². The first-order valence-electron chi connectivity index (χ1n) is 5.75. The molecule has 0 saturated carbocycles. The number of nitrogens with zero attached hydrogens (tertiary/aromatic N) is 1. The van der Waals surface area contributed by atoms with Crippen LogP contribution in [-0.2, 0) is 4.79 Å². The number of ether oxygens (including phenoxy) is 2. The van der Waals surface area contributed by atoms with Crippen LogP contribution >= 0.6 is 0 Å². The molecule has 0 fully saturated rings. The van der Waals surface area contributed by atoms with Gasteiger partial charge in [-0.2, -0.15) is 0 Å². The molecular formula is C12H16N2O6. The van der Waals surface area contributed by atoms with Gasteiger partial charge in [0.25, 0.3) is 0 Å². The summed E-state index contributed by atoms with van der Waals surface area (Å²) in [4.78, 5) is 21.1. The summed E-state index contributed by atoms with van der Waals surface area (Å²) in [7, 11) is 1.42. The normalized spacial score (nSPS) is 13.3. The summed E-state index contributed by atoms with van der Waals surface area (Å²) in [5.41, 5.74) is 3.87. The Hall–Kier alpha value is -2.35. The van der Waals surface area contributed by atoms with Crippen molar-refractivity contribution in [3.8, 4) is 11.5 Å². The molecule has 1 rings (SSSR count). The average molecular weight is 284 g/mol. The number of rotatable bonds is 7. The Labute approximate surface area is 115 Å². The Bertz CT molecular complexity index is 515. The molecule has 1 atom stereocenters. The maximum absolute atomic E-state index is 10.9. The Morgan fingerprint density at radius 3 is 2.70 bits per heavy atom. The zero-order valence-electron chi connectivity index (χ0n) is 11.2. The number of carbonyl (C=O) groups is 1. The van der Waals surface area contributed by atoms with E-state index < -0.39 is 16.4 Å². The number of aliphatic carboxylic acids is 1. The first kappa shape index (κ1) is 15.7. The quantitative estimate of drug-likeness (QED) is 0.568. The van der Waals surface area contributed by atoms with Crippen LogP contribution in [0.2, 0.25) is 0 Å². The lowest BCUT2D eigenvalue weighted by molar-refractivity contribution is -0.385. The Balaban J connectivity index is 2.81. The molecule has 1 aromatic carbocycles. The summed E-state index contributed by atoms with van der Waals surface area (Å²) >= 11 is 0. The van der Waals surface area contributed by atoms with E-state index in [9.17, 15) is 14.9 Å².